The van der Waals surface area contributed by atoms with Gasteiger partial charge in [0.25, 0.3) is 0 Å². The quantitative estimate of drug-likeness (QED) is 0.797. The maximum Gasteiger partial charge on any atom is 0.323 e. The third kappa shape index (κ3) is 1.85. The Morgan fingerprint density at radius 2 is 2.30 bits per heavy atom. The normalized spacial score (nSPS) is 11.1. The molecule has 1 N–H and O–H groups in total. The van der Waals surface area contributed by atoms with Crippen molar-refractivity contribution in [2.24, 2.45) is 0 Å². The molecule has 2 aromatic heterocycles. The molecule has 3 rings (SSSR count). The van der Waals surface area contributed by atoms with Crippen LogP contribution in [0.1, 0.15) is 5.56 Å². The first-order valence-electron chi connectivity index (χ1n) is 5.98. The molecule has 0 saturated heterocycles. The highest BCUT2D eigenvalue weighted by molar-refractivity contribution is 5.91. The van der Waals surface area contributed by atoms with Crippen LogP contribution < -0.4 is 0 Å². The second kappa shape index (κ2) is 4.48. The molecule has 102 valence electrons. The summed E-state index contributed by atoms with van der Waals surface area (Å²) >= 11 is 0. The minimum atomic E-state index is -0.987. The summed E-state index contributed by atoms with van der Waals surface area (Å²) in [5, 5.41) is 9.72. The molecule has 0 radical (unpaired) electrons. The van der Waals surface area contributed by atoms with E-state index in [9.17, 15) is 9.18 Å². The van der Waals surface area contributed by atoms with E-state index in [1.807, 2.05) is 0 Å². The zero-order valence-electron chi connectivity index (χ0n) is 10.6. The lowest BCUT2D eigenvalue weighted by molar-refractivity contribution is -0.137. The maximum absolute atomic E-state index is 13.4. The fraction of sp³-hybridized carbons (Fsp3) is 0.143. The van der Waals surface area contributed by atoms with Crippen molar-refractivity contribution in [1.29, 1.82) is 0 Å². The van der Waals surface area contributed by atoms with Crippen molar-refractivity contribution in [3.63, 3.8) is 0 Å². The van der Waals surface area contributed by atoms with Gasteiger partial charge in [-0.15, -0.1) is 0 Å². The number of aliphatic carboxylic acids is 1. The largest absolute Gasteiger partial charge is 0.480 e. The fourth-order valence-corrected chi connectivity index (χ4v) is 2.41. The molecule has 2 heterocycles. The SMILES string of the molecule is Cc1c(-c2ncco2)n(CC(=O)O)c2ccc(F)cc12. The summed E-state index contributed by atoms with van der Waals surface area (Å²) in [6.07, 6.45) is 2.90. The Morgan fingerprint density at radius 3 is 2.95 bits per heavy atom. The highest BCUT2D eigenvalue weighted by Crippen LogP contribution is 2.32. The second-order valence-electron chi connectivity index (χ2n) is 4.45. The number of aryl methyl sites for hydroxylation is 1. The van der Waals surface area contributed by atoms with Gasteiger partial charge in [-0.2, -0.15) is 0 Å². The molecule has 0 spiro atoms. The third-order valence-corrected chi connectivity index (χ3v) is 3.21. The summed E-state index contributed by atoms with van der Waals surface area (Å²) in [4.78, 5) is 15.1. The van der Waals surface area contributed by atoms with Crippen LogP contribution in [0.25, 0.3) is 22.5 Å². The molecular weight excluding hydrogens is 263 g/mol. The zero-order valence-corrected chi connectivity index (χ0v) is 10.6. The van der Waals surface area contributed by atoms with E-state index in [-0.39, 0.29) is 12.4 Å². The van der Waals surface area contributed by atoms with Crippen molar-refractivity contribution in [3.8, 4) is 11.6 Å². The lowest BCUT2D eigenvalue weighted by Crippen LogP contribution is -2.10. The van der Waals surface area contributed by atoms with E-state index in [4.69, 9.17) is 9.52 Å². The molecule has 0 aliphatic carbocycles. The van der Waals surface area contributed by atoms with Crippen LogP contribution >= 0.6 is 0 Å². The number of rotatable bonds is 3. The van der Waals surface area contributed by atoms with Gasteiger partial charge < -0.3 is 14.1 Å². The molecule has 0 amide bonds. The minimum absolute atomic E-state index is 0.242. The second-order valence-corrected chi connectivity index (χ2v) is 4.45. The van der Waals surface area contributed by atoms with Crippen LogP contribution in [0.3, 0.4) is 0 Å². The van der Waals surface area contributed by atoms with Crippen LogP contribution in [0, 0.1) is 12.7 Å². The Balaban J connectivity index is 2.36. The highest BCUT2D eigenvalue weighted by Gasteiger charge is 2.20. The van der Waals surface area contributed by atoms with E-state index in [1.165, 1.54) is 24.6 Å². The lowest BCUT2D eigenvalue weighted by Gasteiger charge is -2.05. The third-order valence-electron chi connectivity index (χ3n) is 3.21. The molecule has 5 nitrogen and oxygen atoms in total. The Kier molecular flexibility index (Phi) is 2.78. The first kappa shape index (κ1) is 12.4. The van der Waals surface area contributed by atoms with E-state index >= 15 is 0 Å². The van der Waals surface area contributed by atoms with Gasteiger partial charge in [-0.3, -0.25) is 4.79 Å². The van der Waals surface area contributed by atoms with Crippen molar-refractivity contribution in [1.82, 2.24) is 9.55 Å². The van der Waals surface area contributed by atoms with Crippen molar-refractivity contribution in [3.05, 3.63) is 42.0 Å². The van der Waals surface area contributed by atoms with Crippen molar-refractivity contribution in [2.45, 2.75) is 13.5 Å². The number of nitrogens with zero attached hydrogens (tertiary/aromatic N) is 2. The molecule has 0 bridgehead atoms. The van der Waals surface area contributed by atoms with Gasteiger partial charge in [-0.25, -0.2) is 9.37 Å². The molecule has 6 heteroatoms. The molecule has 0 saturated carbocycles. The van der Waals surface area contributed by atoms with Crippen LogP contribution in [0.15, 0.2) is 35.1 Å². The minimum Gasteiger partial charge on any atom is -0.480 e. The first-order valence-corrected chi connectivity index (χ1v) is 5.98. The molecule has 1 aromatic carbocycles. The lowest BCUT2D eigenvalue weighted by atomic mass is 10.1. The number of halogens is 1. The van der Waals surface area contributed by atoms with E-state index < -0.39 is 5.97 Å². The van der Waals surface area contributed by atoms with Gasteiger partial charge in [0, 0.05) is 10.9 Å². The van der Waals surface area contributed by atoms with Crippen molar-refractivity contribution in [2.75, 3.05) is 0 Å². The van der Waals surface area contributed by atoms with E-state index in [0.717, 1.165) is 5.56 Å². The van der Waals surface area contributed by atoms with Crippen LogP contribution in [-0.2, 0) is 11.3 Å². The molecule has 20 heavy (non-hydrogen) atoms. The maximum atomic E-state index is 13.4. The summed E-state index contributed by atoms with van der Waals surface area (Å²) in [6, 6.07) is 4.25. The summed E-state index contributed by atoms with van der Waals surface area (Å²) < 4.78 is 20.2. The highest BCUT2D eigenvalue weighted by atomic mass is 19.1. The van der Waals surface area contributed by atoms with Gasteiger partial charge >= 0.3 is 5.97 Å². The Morgan fingerprint density at radius 1 is 1.50 bits per heavy atom. The average molecular weight is 274 g/mol. The van der Waals surface area contributed by atoms with E-state index in [0.29, 0.717) is 22.5 Å². The number of carbonyl (C=O) groups is 1. The number of oxazole rings is 1. The molecule has 0 aliphatic rings. The summed E-state index contributed by atoms with van der Waals surface area (Å²) in [5.41, 5.74) is 1.93. The predicted molar refractivity (Wildman–Crippen MR) is 69.8 cm³/mol. The van der Waals surface area contributed by atoms with Gasteiger partial charge in [-0.05, 0) is 30.7 Å². The van der Waals surface area contributed by atoms with Crippen LogP contribution in [-0.4, -0.2) is 20.6 Å². The smallest absolute Gasteiger partial charge is 0.323 e. The number of fused-ring (bicyclic) bond motifs is 1. The summed E-state index contributed by atoms with van der Waals surface area (Å²) in [6.45, 7) is 1.55. The number of hydrogen-bond acceptors (Lipinski definition) is 3. The predicted octanol–water partition coefficient (Wildman–Crippen LogP) is 2.83. The molecule has 3 aromatic rings. The summed E-state index contributed by atoms with van der Waals surface area (Å²) in [7, 11) is 0. The molecule has 0 aliphatic heterocycles. The summed E-state index contributed by atoms with van der Waals surface area (Å²) in [5.74, 6) is -1.04. The number of benzene rings is 1. The van der Waals surface area contributed by atoms with Gasteiger partial charge in [0.15, 0.2) is 0 Å². The van der Waals surface area contributed by atoms with E-state index in [2.05, 4.69) is 4.98 Å². The number of aromatic nitrogens is 2. The van der Waals surface area contributed by atoms with Gasteiger partial charge in [0.1, 0.15) is 24.3 Å². The van der Waals surface area contributed by atoms with E-state index in [1.54, 1.807) is 17.6 Å². The van der Waals surface area contributed by atoms with Crippen LogP contribution in [0.5, 0.6) is 0 Å². The zero-order chi connectivity index (χ0) is 14.3. The fourth-order valence-electron chi connectivity index (χ4n) is 2.41. The first-order chi connectivity index (χ1) is 9.58. The Labute approximate surface area is 113 Å². The number of hydrogen-bond donors (Lipinski definition) is 1. The molecule has 0 atom stereocenters. The average Bonchev–Trinajstić information content (AvgIpc) is 2.98. The molecule has 0 fully saturated rings. The van der Waals surface area contributed by atoms with Gasteiger partial charge in [0.2, 0.25) is 5.89 Å². The van der Waals surface area contributed by atoms with Gasteiger partial charge in [0.05, 0.1) is 6.20 Å². The number of carboxylic acid groups (broad SMARTS) is 1. The number of carboxylic acids is 1. The van der Waals surface area contributed by atoms with Gasteiger partial charge in [-0.1, -0.05) is 0 Å². The van der Waals surface area contributed by atoms with Crippen LogP contribution in [0.2, 0.25) is 0 Å². The van der Waals surface area contributed by atoms with Crippen LogP contribution in [0.4, 0.5) is 4.39 Å². The molecule has 0 unspecified atom stereocenters. The van der Waals surface area contributed by atoms with Crippen molar-refractivity contribution >= 4 is 16.9 Å². The Bertz CT molecular complexity index is 790. The topological polar surface area (TPSA) is 68.3 Å². The standard InChI is InChI=1S/C14H11FN2O3/c1-8-10-6-9(15)2-3-11(10)17(7-12(18)19)13(8)14-16-4-5-20-14/h2-6H,7H2,1H3,(H,18,19). The Hall–Kier alpha value is -2.63. The monoisotopic (exact) mass is 274 g/mol. The van der Waals surface area contributed by atoms with Crippen molar-refractivity contribution < 1.29 is 18.7 Å². The molecular formula is C14H11FN2O3.